The van der Waals surface area contributed by atoms with E-state index < -0.39 is 11.9 Å². The van der Waals surface area contributed by atoms with Crippen molar-refractivity contribution >= 4 is 23.3 Å². The van der Waals surface area contributed by atoms with E-state index in [-0.39, 0.29) is 31.3 Å². The molecule has 1 atom stereocenters. The summed E-state index contributed by atoms with van der Waals surface area (Å²) in [5.41, 5.74) is 3.33. The van der Waals surface area contributed by atoms with Gasteiger partial charge in [-0.3, -0.25) is 14.4 Å². The van der Waals surface area contributed by atoms with Crippen molar-refractivity contribution in [3.05, 3.63) is 83.4 Å². The minimum Gasteiger partial charge on any atom is -0.497 e. The molecule has 3 aromatic carbocycles. The summed E-state index contributed by atoms with van der Waals surface area (Å²) in [5, 5.41) is 0. The maximum Gasteiger partial charge on any atom is 0.311 e. The van der Waals surface area contributed by atoms with Crippen LogP contribution in [0.25, 0.3) is 0 Å². The zero-order valence-electron chi connectivity index (χ0n) is 21.5. The first-order chi connectivity index (χ1) is 17.7. The summed E-state index contributed by atoms with van der Waals surface area (Å²) in [6, 6.07) is 20.0. The Bertz CT molecular complexity index is 1280. The highest BCUT2D eigenvalue weighted by Gasteiger charge is 2.36. The number of benzene rings is 3. The number of hydrogen-bond donors (Lipinski definition) is 0. The first kappa shape index (κ1) is 25.9. The predicted octanol–water partition coefficient (Wildman–Crippen LogP) is 5.70. The van der Waals surface area contributed by atoms with Gasteiger partial charge in [-0.15, -0.1) is 0 Å². The van der Waals surface area contributed by atoms with Crippen molar-refractivity contribution in [3.63, 3.8) is 0 Å². The molecule has 0 unspecified atom stereocenters. The number of Topliss-reactive ketones (excluding diaryl/α,β-unsaturated/α-hetero) is 1. The molecule has 0 saturated carbocycles. The first-order valence-corrected chi connectivity index (χ1v) is 12.3. The van der Waals surface area contributed by atoms with Crippen LogP contribution in [-0.4, -0.2) is 37.9 Å². The number of nitrogens with zero attached hydrogens (tertiary/aromatic N) is 1. The fraction of sp³-hybridized carbons (Fsp3) is 0.300. The number of methoxy groups -OCH3 is 1. The first-order valence-electron chi connectivity index (χ1n) is 12.3. The van der Waals surface area contributed by atoms with Gasteiger partial charge >= 0.3 is 5.97 Å². The summed E-state index contributed by atoms with van der Waals surface area (Å²) in [6.07, 6.45) is 0.0366. The number of ketones is 1. The number of hydrogen-bond acceptors (Lipinski definition) is 6. The fourth-order valence-corrected chi connectivity index (χ4v) is 4.26. The lowest BCUT2D eigenvalue weighted by Gasteiger charge is -2.18. The Labute approximate surface area is 217 Å². The maximum atomic E-state index is 12.7. The molecule has 0 aliphatic carbocycles. The van der Waals surface area contributed by atoms with Crippen molar-refractivity contribution in [2.45, 2.75) is 33.1 Å². The minimum atomic E-state index is -0.631. The number of aryl methyl sites for hydroxylation is 1. The van der Waals surface area contributed by atoms with Crippen LogP contribution in [0.4, 0.5) is 5.69 Å². The average Bonchev–Trinajstić information content (AvgIpc) is 3.29. The molecule has 1 aliphatic heterocycles. The van der Waals surface area contributed by atoms with Crippen molar-refractivity contribution in [3.8, 4) is 17.2 Å². The fourth-order valence-electron chi connectivity index (χ4n) is 4.26. The third-order valence-corrected chi connectivity index (χ3v) is 6.38. The third-order valence-electron chi connectivity index (χ3n) is 6.38. The summed E-state index contributed by atoms with van der Waals surface area (Å²) in [6.45, 7) is 6.09. The molecule has 1 heterocycles. The molecule has 0 radical (unpaired) electrons. The molecule has 1 amide bonds. The van der Waals surface area contributed by atoms with Gasteiger partial charge in [0.25, 0.3) is 0 Å². The second-order valence-electron chi connectivity index (χ2n) is 9.46. The number of carbonyl (C=O) groups excluding carboxylic acids is 3. The molecule has 0 N–H and O–H groups in total. The molecule has 7 nitrogen and oxygen atoms in total. The number of ether oxygens (including phenoxy) is 3. The van der Waals surface area contributed by atoms with Crippen molar-refractivity contribution < 1.29 is 28.6 Å². The van der Waals surface area contributed by atoms with Crippen molar-refractivity contribution in [1.29, 1.82) is 0 Å². The molecule has 192 valence electrons. The van der Waals surface area contributed by atoms with Crippen molar-refractivity contribution in [2.75, 3.05) is 25.2 Å². The zero-order chi connectivity index (χ0) is 26.5. The number of anilines is 1. The molecule has 0 aromatic heterocycles. The van der Waals surface area contributed by atoms with Crippen LogP contribution in [0.3, 0.4) is 0 Å². The lowest BCUT2D eigenvalue weighted by atomic mass is 10.0. The molecular formula is C30H31NO6. The number of esters is 1. The molecule has 4 rings (SSSR count). The number of carbonyl (C=O) groups is 3. The third kappa shape index (κ3) is 6.17. The number of rotatable bonds is 9. The van der Waals surface area contributed by atoms with Gasteiger partial charge < -0.3 is 19.1 Å². The molecule has 1 fully saturated rings. The Hall–Kier alpha value is -4.13. The van der Waals surface area contributed by atoms with Gasteiger partial charge in [-0.2, -0.15) is 0 Å². The van der Waals surface area contributed by atoms with Gasteiger partial charge in [0.1, 0.15) is 17.2 Å². The highest BCUT2D eigenvalue weighted by molar-refractivity contribution is 6.01. The summed E-state index contributed by atoms with van der Waals surface area (Å²) in [4.78, 5) is 39.1. The lowest BCUT2D eigenvalue weighted by molar-refractivity contribution is -0.147. The quantitative estimate of drug-likeness (QED) is 0.276. The van der Waals surface area contributed by atoms with E-state index in [9.17, 15) is 14.4 Å². The van der Waals surface area contributed by atoms with Crippen LogP contribution >= 0.6 is 0 Å². The second-order valence-corrected chi connectivity index (χ2v) is 9.46. The molecule has 0 bridgehead atoms. The summed E-state index contributed by atoms with van der Waals surface area (Å²) >= 11 is 0. The van der Waals surface area contributed by atoms with E-state index in [2.05, 4.69) is 26.0 Å². The summed E-state index contributed by atoms with van der Waals surface area (Å²) < 4.78 is 16.5. The SMILES string of the molecule is COc1ccc(C(=O)COC(=O)[C@@H]2CC(=O)N(c3ccc(Oc4cc(C)ccc4C(C)C)cc3)C2)cc1. The zero-order valence-corrected chi connectivity index (χ0v) is 21.5. The van der Waals surface area contributed by atoms with Gasteiger partial charge in [0, 0.05) is 24.2 Å². The van der Waals surface area contributed by atoms with Gasteiger partial charge in [-0.05, 0) is 78.6 Å². The summed E-state index contributed by atoms with van der Waals surface area (Å²) in [7, 11) is 1.54. The van der Waals surface area contributed by atoms with Crippen molar-refractivity contribution in [1.82, 2.24) is 0 Å². The molecule has 1 aliphatic rings. The Kier molecular flexibility index (Phi) is 7.92. The van der Waals surface area contributed by atoms with E-state index in [1.54, 1.807) is 48.4 Å². The standard InChI is InChI=1S/C30H31NO6/c1-19(2)26-14-5-20(3)15-28(26)37-25-12-8-23(9-13-25)31-17-22(16-29(31)33)30(34)36-18-27(32)21-6-10-24(35-4)11-7-21/h5-15,19,22H,16-18H2,1-4H3/t22-/m1/s1. The Morgan fingerprint density at radius 2 is 1.65 bits per heavy atom. The van der Waals surface area contributed by atoms with Crippen LogP contribution in [-0.2, 0) is 14.3 Å². The molecule has 7 heteroatoms. The van der Waals surface area contributed by atoms with E-state index >= 15 is 0 Å². The number of amides is 1. The van der Waals surface area contributed by atoms with E-state index in [1.807, 2.05) is 25.1 Å². The van der Waals surface area contributed by atoms with Crippen LogP contribution < -0.4 is 14.4 Å². The normalized spacial score (nSPS) is 15.1. The van der Waals surface area contributed by atoms with E-state index in [0.717, 1.165) is 16.9 Å². The Morgan fingerprint density at radius 1 is 0.973 bits per heavy atom. The van der Waals surface area contributed by atoms with Gasteiger partial charge in [0.05, 0.1) is 13.0 Å². The van der Waals surface area contributed by atoms with Gasteiger partial charge in [-0.25, -0.2) is 0 Å². The molecule has 1 saturated heterocycles. The van der Waals surface area contributed by atoms with Crippen molar-refractivity contribution in [2.24, 2.45) is 5.92 Å². The van der Waals surface area contributed by atoms with E-state index in [1.165, 1.54) is 0 Å². The molecule has 3 aromatic rings. The Balaban J connectivity index is 1.35. The smallest absolute Gasteiger partial charge is 0.311 e. The molecule has 37 heavy (non-hydrogen) atoms. The van der Waals surface area contributed by atoms with Crippen LogP contribution in [0.2, 0.25) is 0 Å². The molecule has 0 spiro atoms. The van der Waals surface area contributed by atoms with E-state index in [4.69, 9.17) is 14.2 Å². The largest absolute Gasteiger partial charge is 0.497 e. The van der Waals surface area contributed by atoms with Gasteiger partial charge in [-0.1, -0.05) is 26.0 Å². The van der Waals surface area contributed by atoms with Gasteiger partial charge in [0.15, 0.2) is 12.4 Å². The average molecular weight is 502 g/mol. The van der Waals surface area contributed by atoms with Crippen LogP contribution in [0.5, 0.6) is 17.2 Å². The predicted molar refractivity (Wildman–Crippen MR) is 141 cm³/mol. The summed E-state index contributed by atoms with van der Waals surface area (Å²) in [5.74, 6) is 0.752. The second kappa shape index (κ2) is 11.3. The maximum absolute atomic E-state index is 12.7. The Morgan fingerprint density at radius 3 is 2.30 bits per heavy atom. The topological polar surface area (TPSA) is 82.1 Å². The minimum absolute atomic E-state index is 0.0366. The van der Waals surface area contributed by atoms with Crippen LogP contribution in [0, 0.1) is 12.8 Å². The highest BCUT2D eigenvalue weighted by Crippen LogP contribution is 2.33. The van der Waals surface area contributed by atoms with Crippen LogP contribution in [0.15, 0.2) is 66.7 Å². The highest BCUT2D eigenvalue weighted by atomic mass is 16.5. The van der Waals surface area contributed by atoms with Crippen LogP contribution in [0.1, 0.15) is 47.7 Å². The monoisotopic (exact) mass is 501 g/mol. The lowest BCUT2D eigenvalue weighted by Crippen LogP contribution is -2.27. The van der Waals surface area contributed by atoms with Gasteiger partial charge in [0.2, 0.25) is 5.91 Å². The molecular weight excluding hydrogens is 470 g/mol. The van der Waals surface area contributed by atoms with E-state index in [0.29, 0.717) is 28.7 Å².